The summed E-state index contributed by atoms with van der Waals surface area (Å²) in [6, 6.07) is 16.2. The monoisotopic (exact) mass is 286 g/mol. The highest BCUT2D eigenvalue weighted by Gasteiger charge is 2.22. The molecule has 1 heterocycles. The zero-order chi connectivity index (χ0) is 13.9. The van der Waals surface area contributed by atoms with Crippen molar-refractivity contribution in [2.75, 3.05) is 6.61 Å². The minimum atomic E-state index is -0.455. The Morgan fingerprint density at radius 1 is 1.25 bits per heavy atom. The van der Waals surface area contributed by atoms with Crippen LogP contribution in [-0.2, 0) is 6.42 Å². The SMILES string of the molecule is C[C@H](O)c1cccc(OCC2Cc3ccccc3S2)c1. The second-order valence-corrected chi connectivity index (χ2v) is 6.45. The van der Waals surface area contributed by atoms with Crippen LogP contribution in [0.4, 0.5) is 0 Å². The van der Waals surface area contributed by atoms with Crippen molar-refractivity contribution in [3.63, 3.8) is 0 Å². The summed E-state index contributed by atoms with van der Waals surface area (Å²) >= 11 is 1.89. The summed E-state index contributed by atoms with van der Waals surface area (Å²) in [6.45, 7) is 2.46. The highest BCUT2D eigenvalue weighted by molar-refractivity contribution is 8.00. The quantitative estimate of drug-likeness (QED) is 0.926. The Morgan fingerprint density at radius 3 is 2.90 bits per heavy atom. The van der Waals surface area contributed by atoms with E-state index in [0.717, 1.165) is 17.7 Å². The molecule has 0 fully saturated rings. The lowest BCUT2D eigenvalue weighted by Crippen LogP contribution is -2.13. The molecule has 1 unspecified atom stereocenters. The van der Waals surface area contributed by atoms with Gasteiger partial charge in [0.05, 0.1) is 6.10 Å². The predicted molar refractivity (Wildman–Crippen MR) is 82.4 cm³/mol. The van der Waals surface area contributed by atoms with Gasteiger partial charge in [0.25, 0.3) is 0 Å². The lowest BCUT2D eigenvalue weighted by molar-refractivity contribution is 0.198. The van der Waals surface area contributed by atoms with Gasteiger partial charge in [0.15, 0.2) is 0 Å². The average Bonchev–Trinajstić information content (AvgIpc) is 2.88. The van der Waals surface area contributed by atoms with Crippen LogP contribution < -0.4 is 4.74 Å². The fourth-order valence-corrected chi connectivity index (χ4v) is 3.62. The molecule has 1 N–H and O–H groups in total. The minimum Gasteiger partial charge on any atom is -0.492 e. The van der Waals surface area contributed by atoms with Crippen LogP contribution in [0.2, 0.25) is 0 Å². The van der Waals surface area contributed by atoms with Crippen LogP contribution in [0.1, 0.15) is 24.2 Å². The Balaban J connectivity index is 1.60. The largest absolute Gasteiger partial charge is 0.492 e. The van der Waals surface area contributed by atoms with Crippen molar-refractivity contribution in [1.29, 1.82) is 0 Å². The van der Waals surface area contributed by atoms with Crippen LogP contribution in [0.3, 0.4) is 0 Å². The molecule has 0 aliphatic carbocycles. The van der Waals surface area contributed by atoms with Crippen LogP contribution >= 0.6 is 11.8 Å². The topological polar surface area (TPSA) is 29.5 Å². The van der Waals surface area contributed by atoms with E-state index in [2.05, 4.69) is 24.3 Å². The fourth-order valence-electron chi connectivity index (χ4n) is 2.40. The number of aliphatic hydroxyl groups excluding tert-OH is 1. The molecule has 2 aromatic rings. The van der Waals surface area contributed by atoms with Crippen molar-refractivity contribution in [3.8, 4) is 5.75 Å². The first-order valence-corrected chi connectivity index (χ1v) is 7.76. The number of ether oxygens (including phenoxy) is 1. The first-order chi connectivity index (χ1) is 9.72. The number of aliphatic hydroxyl groups is 1. The first kappa shape index (κ1) is 13.5. The maximum atomic E-state index is 9.59. The fraction of sp³-hybridized carbons (Fsp3) is 0.294. The molecular weight excluding hydrogens is 268 g/mol. The number of thioether (sulfide) groups is 1. The maximum absolute atomic E-state index is 9.59. The molecule has 2 nitrogen and oxygen atoms in total. The Morgan fingerprint density at radius 2 is 2.10 bits per heavy atom. The molecule has 0 radical (unpaired) electrons. The van der Waals surface area contributed by atoms with E-state index in [9.17, 15) is 5.11 Å². The van der Waals surface area contributed by atoms with Crippen molar-refractivity contribution < 1.29 is 9.84 Å². The summed E-state index contributed by atoms with van der Waals surface area (Å²) in [4.78, 5) is 1.37. The van der Waals surface area contributed by atoms with Gasteiger partial charge < -0.3 is 9.84 Å². The van der Waals surface area contributed by atoms with Gasteiger partial charge in [0.2, 0.25) is 0 Å². The van der Waals surface area contributed by atoms with E-state index in [0.29, 0.717) is 11.9 Å². The van der Waals surface area contributed by atoms with Crippen molar-refractivity contribution in [2.24, 2.45) is 0 Å². The summed E-state index contributed by atoms with van der Waals surface area (Å²) in [5.41, 5.74) is 2.31. The van der Waals surface area contributed by atoms with Gasteiger partial charge in [-0.3, -0.25) is 0 Å². The summed E-state index contributed by atoms with van der Waals surface area (Å²) in [5.74, 6) is 0.833. The molecule has 2 aromatic carbocycles. The van der Waals surface area contributed by atoms with Gasteiger partial charge in [-0.2, -0.15) is 0 Å². The third kappa shape index (κ3) is 3.00. The summed E-state index contributed by atoms with van der Waals surface area (Å²) < 4.78 is 5.88. The van der Waals surface area contributed by atoms with Crippen molar-refractivity contribution in [3.05, 3.63) is 59.7 Å². The number of benzene rings is 2. The Labute approximate surface area is 123 Å². The van der Waals surface area contributed by atoms with Crippen LogP contribution in [0, 0.1) is 0 Å². The molecular formula is C17H18O2S. The van der Waals surface area contributed by atoms with Crippen LogP contribution in [0.5, 0.6) is 5.75 Å². The molecule has 3 rings (SSSR count). The molecule has 0 aromatic heterocycles. The highest BCUT2D eigenvalue weighted by atomic mass is 32.2. The molecule has 2 atom stereocenters. The molecule has 20 heavy (non-hydrogen) atoms. The van der Waals surface area contributed by atoms with Gasteiger partial charge in [0, 0.05) is 10.1 Å². The van der Waals surface area contributed by atoms with Gasteiger partial charge in [-0.05, 0) is 42.7 Å². The highest BCUT2D eigenvalue weighted by Crippen LogP contribution is 2.36. The van der Waals surface area contributed by atoms with Crippen LogP contribution in [0.25, 0.3) is 0 Å². The molecule has 1 aliphatic rings. The molecule has 3 heteroatoms. The van der Waals surface area contributed by atoms with Crippen molar-refractivity contribution >= 4 is 11.8 Å². The van der Waals surface area contributed by atoms with Crippen molar-refractivity contribution in [2.45, 2.75) is 29.6 Å². The minimum absolute atomic E-state index is 0.455. The molecule has 0 saturated heterocycles. The van der Waals surface area contributed by atoms with Gasteiger partial charge in [-0.15, -0.1) is 11.8 Å². The zero-order valence-electron chi connectivity index (χ0n) is 11.5. The Kier molecular flexibility index (Phi) is 3.99. The number of rotatable bonds is 4. The van der Waals surface area contributed by atoms with E-state index < -0.39 is 6.10 Å². The second kappa shape index (κ2) is 5.90. The average molecular weight is 286 g/mol. The normalized spacial score (nSPS) is 18.6. The first-order valence-electron chi connectivity index (χ1n) is 6.88. The standard InChI is InChI=1S/C17H18O2S/c1-12(18)13-6-4-7-15(9-13)19-11-16-10-14-5-2-3-8-17(14)20-16/h2-9,12,16,18H,10-11H2,1H3/t12-,16?/m0/s1. The zero-order valence-corrected chi connectivity index (χ0v) is 12.3. The predicted octanol–water partition coefficient (Wildman–Crippen LogP) is 3.84. The van der Waals surface area contributed by atoms with E-state index in [1.807, 2.05) is 36.0 Å². The summed E-state index contributed by atoms with van der Waals surface area (Å²) in [7, 11) is 0. The van der Waals surface area contributed by atoms with Crippen molar-refractivity contribution in [1.82, 2.24) is 0 Å². The molecule has 0 amide bonds. The van der Waals surface area contributed by atoms with Gasteiger partial charge in [0.1, 0.15) is 12.4 Å². The smallest absolute Gasteiger partial charge is 0.119 e. The second-order valence-electron chi connectivity index (χ2n) is 5.11. The number of hydrogen-bond donors (Lipinski definition) is 1. The van der Waals surface area contributed by atoms with E-state index >= 15 is 0 Å². The molecule has 1 aliphatic heterocycles. The lowest BCUT2D eigenvalue weighted by Gasteiger charge is -2.12. The summed E-state index contributed by atoms with van der Waals surface area (Å²) in [6.07, 6.45) is 0.611. The van der Waals surface area contributed by atoms with Crippen LogP contribution in [0.15, 0.2) is 53.4 Å². The Bertz CT molecular complexity index is 570. The van der Waals surface area contributed by atoms with Crippen LogP contribution in [-0.4, -0.2) is 17.0 Å². The third-order valence-corrected chi connectivity index (χ3v) is 4.78. The molecule has 0 bridgehead atoms. The molecule has 0 saturated carbocycles. The van der Waals surface area contributed by atoms with E-state index in [4.69, 9.17) is 4.74 Å². The maximum Gasteiger partial charge on any atom is 0.119 e. The number of fused-ring (bicyclic) bond motifs is 1. The van der Waals surface area contributed by atoms with Gasteiger partial charge in [-0.25, -0.2) is 0 Å². The summed E-state index contributed by atoms with van der Waals surface area (Å²) in [5, 5.41) is 10.1. The van der Waals surface area contributed by atoms with Gasteiger partial charge in [-0.1, -0.05) is 30.3 Å². The molecule has 0 spiro atoms. The number of hydrogen-bond acceptors (Lipinski definition) is 3. The third-order valence-electron chi connectivity index (χ3n) is 3.49. The van der Waals surface area contributed by atoms with Gasteiger partial charge >= 0.3 is 0 Å². The van der Waals surface area contributed by atoms with E-state index in [-0.39, 0.29) is 0 Å². The molecule has 104 valence electrons. The lowest BCUT2D eigenvalue weighted by atomic mass is 10.1. The van der Waals surface area contributed by atoms with E-state index in [1.165, 1.54) is 10.5 Å². The van der Waals surface area contributed by atoms with E-state index in [1.54, 1.807) is 6.92 Å². The Hall–Kier alpha value is -1.45.